The zero-order valence-corrected chi connectivity index (χ0v) is 12.6. The van der Waals surface area contributed by atoms with Gasteiger partial charge in [0.15, 0.2) is 0 Å². The molecule has 1 heterocycles. The first-order chi connectivity index (χ1) is 9.03. The van der Waals surface area contributed by atoms with Crippen molar-refractivity contribution in [1.29, 1.82) is 0 Å². The van der Waals surface area contributed by atoms with Crippen LogP contribution in [0, 0.1) is 0 Å². The lowest BCUT2D eigenvalue weighted by Gasteiger charge is -2.07. The first-order valence-corrected chi connectivity index (χ1v) is 8.26. The highest BCUT2D eigenvalue weighted by Crippen LogP contribution is 2.26. The Balaban J connectivity index is 2.25. The van der Waals surface area contributed by atoms with Crippen molar-refractivity contribution in [3.63, 3.8) is 0 Å². The highest BCUT2D eigenvalue weighted by molar-refractivity contribution is 7.94. The summed E-state index contributed by atoms with van der Waals surface area (Å²) in [5.41, 5.74) is 1.32. The maximum Gasteiger partial charge on any atom is 0.271 e. The van der Waals surface area contributed by atoms with Gasteiger partial charge in [-0.3, -0.25) is 4.72 Å². The average Bonchev–Trinajstić information content (AvgIpc) is 2.82. The largest absolute Gasteiger partial charge is 0.316 e. The molecule has 0 amide bonds. The summed E-state index contributed by atoms with van der Waals surface area (Å²) in [6.07, 6.45) is 0. The van der Waals surface area contributed by atoms with Crippen LogP contribution in [-0.2, 0) is 16.6 Å². The van der Waals surface area contributed by atoms with Crippen LogP contribution in [0.4, 0.5) is 5.69 Å². The van der Waals surface area contributed by atoms with Crippen molar-refractivity contribution in [2.75, 3.05) is 11.8 Å². The zero-order valence-electron chi connectivity index (χ0n) is 10.2. The first kappa shape index (κ1) is 14.3. The summed E-state index contributed by atoms with van der Waals surface area (Å²) in [6, 6.07) is 8.39. The topological polar surface area (TPSA) is 58.2 Å². The predicted molar refractivity (Wildman–Crippen MR) is 79.3 cm³/mol. The summed E-state index contributed by atoms with van der Waals surface area (Å²) in [6.45, 7) is 0.637. The summed E-state index contributed by atoms with van der Waals surface area (Å²) in [4.78, 5) is 0. The van der Waals surface area contributed by atoms with Crippen LogP contribution in [0.15, 0.2) is 39.9 Å². The minimum Gasteiger partial charge on any atom is -0.316 e. The van der Waals surface area contributed by atoms with Crippen molar-refractivity contribution in [3.8, 4) is 0 Å². The molecule has 102 valence electrons. The molecule has 4 nitrogen and oxygen atoms in total. The van der Waals surface area contributed by atoms with Gasteiger partial charge >= 0.3 is 0 Å². The van der Waals surface area contributed by atoms with Gasteiger partial charge in [-0.05, 0) is 36.2 Å². The molecule has 0 fully saturated rings. The van der Waals surface area contributed by atoms with Crippen molar-refractivity contribution in [1.82, 2.24) is 5.32 Å². The van der Waals surface area contributed by atoms with E-state index < -0.39 is 10.0 Å². The van der Waals surface area contributed by atoms with Crippen molar-refractivity contribution in [2.24, 2.45) is 0 Å². The van der Waals surface area contributed by atoms with E-state index in [-0.39, 0.29) is 4.21 Å². The standard InChI is InChI=1S/C12H13ClN2O2S2/c1-14-7-9-6-12(18-8-9)19(16,17)15-11-5-3-2-4-10(11)13/h2-6,8,14-15H,7H2,1H3. The predicted octanol–water partition coefficient (Wildman–Crippen LogP) is 2.92. The lowest BCUT2D eigenvalue weighted by Crippen LogP contribution is -2.12. The molecule has 19 heavy (non-hydrogen) atoms. The van der Waals surface area contributed by atoms with Crippen LogP contribution in [0.2, 0.25) is 5.02 Å². The summed E-state index contributed by atoms with van der Waals surface area (Å²) in [7, 11) is -1.76. The van der Waals surface area contributed by atoms with E-state index in [9.17, 15) is 8.42 Å². The Morgan fingerprint density at radius 2 is 2.05 bits per heavy atom. The van der Waals surface area contributed by atoms with Gasteiger partial charge in [0, 0.05) is 6.54 Å². The number of sulfonamides is 1. The van der Waals surface area contributed by atoms with Crippen LogP contribution in [0.5, 0.6) is 0 Å². The molecule has 0 bridgehead atoms. The van der Waals surface area contributed by atoms with Gasteiger partial charge in [-0.1, -0.05) is 23.7 Å². The maximum atomic E-state index is 12.2. The highest BCUT2D eigenvalue weighted by atomic mass is 35.5. The van der Waals surface area contributed by atoms with E-state index in [0.717, 1.165) is 5.56 Å². The van der Waals surface area contributed by atoms with Crippen LogP contribution in [0.1, 0.15) is 5.56 Å². The number of hydrogen-bond donors (Lipinski definition) is 2. The lowest BCUT2D eigenvalue weighted by molar-refractivity contribution is 0.603. The first-order valence-electron chi connectivity index (χ1n) is 5.52. The Bertz CT molecular complexity index is 668. The minimum absolute atomic E-state index is 0.276. The number of para-hydroxylation sites is 1. The van der Waals surface area contributed by atoms with E-state index in [4.69, 9.17) is 11.6 Å². The molecule has 2 rings (SSSR count). The van der Waals surface area contributed by atoms with Crippen LogP contribution in [0.25, 0.3) is 0 Å². The number of benzene rings is 1. The number of thiophene rings is 1. The Labute approximate surface area is 121 Å². The molecule has 0 radical (unpaired) electrons. The second-order valence-electron chi connectivity index (χ2n) is 3.89. The van der Waals surface area contributed by atoms with Gasteiger partial charge in [0.1, 0.15) is 4.21 Å². The third kappa shape index (κ3) is 3.48. The molecule has 1 aromatic carbocycles. The van der Waals surface area contributed by atoms with Gasteiger partial charge in [0.2, 0.25) is 0 Å². The van der Waals surface area contributed by atoms with Crippen LogP contribution in [0.3, 0.4) is 0 Å². The molecule has 0 atom stereocenters. The van der Waals surface area contributed by atoms with Gasteiger partial charge in [0.05, 0.1) is 10.7 Å². The Morgan fingerprint density at radius 3 is 2.74 bits per heavy atom. The van der Waals surface area contributed by atoms with Crippen molar-refractivity contribution >= 4 is 38.6 Å². The zero-order chi connectivity index (χ0) is 13.9. The normalized spacial score (nSPS) is 11.5. The molecule has 0 aliphatic rings. The van der Waals surface area contributed by atoms with Crippen molar-refractivity contribution in [3.05, 3.63) is 46.3 Å². The fraction of sp³-hybridized carbons (Fsp3) is 0.167. The second kappa shape index (κ2) is 5.92. The molecule has 0 saturated heterocycles. The Kier molecular flexibility index (Phi) is 4.46. The molecule has 0 saturated carbocycles. The molecule has 0 spiro atoms. The van der Waals surface area contributed by atoms with Crippen LogP contribution < -0.4 is 10.0 Å². The molecular formula is C12H13ClN2O2S2. The van der Waals surface area contributed by atoms with Crippen molar-refractivity contribution in [2.45, 2.75) is 10.8 Å². The number of halogens is 1. The SMILES string of the molecule is CNCc1csc(S(=O)(=O)Nc2ccccc2Cl)c1. The number of hydrogen-bond acceptors (Lipinski definition) is 4. The molecular weight excluding hydrogens is 304 g/mol. The van der Waals surface area contributed by atoms with Gasteiger partial charge < -0.3 is 5.32 Å². The lowest BCUT2D eigenvalue weighted by atomic mass is 10.3. The number of nitrogens with one attached hydrogen (secondary N) is 2. The van der Waals surface area contributed by atoms with E-state index in [0.29, 0.717) is 17.3 Å². The molecule has 1 aromatic heterocycles. The molecule has 0 aliphatic heterocycles. The van der Waals surface area contributed by atoms with Gasteiger partial charge in [-0.25, -0.2) is 8.42 Å². The molecule has 2 N–H and O–H groups in total. The van der Waals surface area contributed by atoms with Gasteiger partial charge in [-0.15, -0.1) is 11.3 Å². The van der Waals surface area contributed by atoms with Crippen molar-refractivity contribution < 1.29 is 8.42 Å². The van der Waals surface area contributed by atoms with E-state index >= 15 is 0 Å². The van der Waals surface area contributed by atoms with Gasteiger partial charge in [-0.2, -0.15) is 0 Å². The third-order valence-corrected chi connectivity index (χ3v) is 5.58. The quantitative estimate of drug-likeness (QED) is 0.891. The smallest absolute Gasteiger partial charge is 0.271 e. The molecule has 0 aliphatic carbocycles. The molecule has 7 heteroatoms. The van der Waals surface area contributed by atoms with Gasteiger partial charge in [0.25, 0.3) is 10.0 Å². The summed E-state index contributed by atoms with van der Waals surface area (Å²) >= 11 is 7.13. The summed E-state index contributed by atoms with van der Waals surface area (Å²) in [5, 5.41) is 5.17. The van der Waals surface area contributed by atoms with E-state index in [1.165, 1.54) is 11.3 Å². The monoisotopic (exact) mass is 316 g/mol. The average molecular weight is 317 g/mol. The fourth-order valence-corrected chi connectivity index (χ4v) is 4.06. The van der Waals surface area contributed by atoms with Crippen LogP contribution in [-0.4, -0.2) is 15.5 Å². The molecule has 0 unspecified atom stereocenters. The molecule has 2 aromatic rings. The summed E-state index contributed by atoms with van der Waals surface area (Å²) < 4.78 is 27.1. The van der Waals surface area contributed by atoms with E-state index in [1.54, 1.807) is 30.3 Å². The minimum atomic E-state index is -3.58. The Hall–Kier alpha value is -1.08. The van der Waals surface area contributed by atoms with Crippen LogP contribution >= 0.6 is 22.9 Å². The fourth-order valence-electron chi connectivity index (χ4n) is 1.53. The second-order valence-corrected chi connectivity index (χ2v) is 7.12. The summed E-state index contributed by atoms with van der Waals surface area (Å²) in [5.74, 6) is 0. The van der Waals surface area contributed by atoms with E-state index in [1.807, 2.05) is 12.4 Å². The Morgan fingerprint density at radius 1 is 1.32 bits per heavy atom. The third-order valence-electron chi connectivity index (χ3n) is 2.39. The number of anilines is 1. The highest BCUT2D eigenvalue weighted by Gasteiger charge is 2.17. The number of rotatable bonds is 5. The maximum absolute atomic E-state index is 12.2. The van der Waals surface area contributed by atoms with E-state index in [2.05, 4.69) is 10.0 Å².